The van der Waals surface area contributed by atoms with E-state index in [9.17, 15) is 4.79 Å². The van der Waals surface area contributed by atoms with Crippen LogP contribution in [-0.4, -0.2) is 31.7 Å². The van der Waals surface area contributed by atoms with Gasteiger partial charge in [0.05, 0.1) is 6.54 Å². The van der Waals surface area contributed by atoms with Crippen molar-refractivity contribution in [3.63, 3.8) is 0 Å². The molecular formula is C13H11N5O3. The average Bonchev–Trinajstić information content (AvgIpc) is 3.17. The van der Waals surface area contributed by atoms with Gasteiger partial charge in [-0.15, -0.1) is 10.2 Å². The number of carbonyl (C=O) groups is 1. The first-order chi connectivity index (χ1) is 10.2. The summed E-state index contributed by atoms with van der Waals surface area (Å²) >= 11 is 0. The zero-order valence-electron chi connectivity index (χ0n) is 10.8. The molecule has 2 heterocycles. The van der Waals surface area contributed by atoms with Crippen LogP contribution in [0.2, 0.25) is 0 Å². The second-order valence-electron chi connectivity index (χ2n) is 4.24. The molecule has 0 aliphatic heterocycles. The van der Waals surface area contributed by atoms with E-state index >= 15 is 0 Å². The SMILES string of the molecule is O=C(O)c1ccc(CNc2cccc(-c3nn[nH]n3)c2)o1. The monoisotopic (exact) mass is 285 g/mol. The number of carboxylic acid groups (broad SMARTS) is 1. The van der Waals surface area contributed by atoms with Crippen LogP contribution < -0.4 is 5.32 Å². The lowest BCUT2D eigenvalue weighted by Crippen LogP contribution is -1.98. The van der Waals surface area contributed by atoms with E-state index in [0.29, 0.717) is 18.1 Å². The van der Waals surface area contributed by atoms with E-state index in [1.165, 1.54) is 6.07 Å². The lowest BCUT2D eigenvalue weighted by molar-refractivity contribution is 0.0660. The molecule has 3 rings (SSSR count). The Bertz CT molecular complexity index is 751. The van der Waals surface area contributed by atoms with Crippen LogP contribution in [0.25, 0.3) is 11.4 Å². The molecule has 0 unspecified atom stereocenters. The minimum Gasteiger partial charge on any atom is -0.475 e. The Labute approximate surface area is 118 Å². The molecule has 106 valence electrons. The van der Waals surface area contributed by atoms with Crippen molar-refractivity contribution >= 4 is 11.7 Å². The highest BCUT2D eigenvalue weighted by Crippen LogP contribution is 2.19. The van der Waals surface area contributed by atoms with Gasteiger partial charge >= 0.3 is 5.97 Å². The summed E-state index contributed by atoms with van der Waals surface area (Å²) in [5.41, 5.74) is 1.66. The van der Waals surface area contributed by atoms with Crippen LogP contribution in [0.3, 0.4) is 0 Å². The molecule has 3 N–H and O–H groups in total. The summed E-state index contributed by atoms with van der Waals surface area (Å²) in [7, 11) is 0. The van der Waals surface area contributed by atoms with Gasteiger partial charge in [-0.3, -0.25) is 0 Å². The van der Waals surface area contributed by atoms with E-state index in [1.54, 1.807) is 6.07 Å². The second kappa shape index (κ2) is 5.45. The molecule has 0 radical (unpaired) electrons. The number of rotatable bonds is 5. The van der Waals surface area contributed by atoms with Crippen LogP contribution in [0.5, 0.6) is 0 Å². The number of tetrazole rings is 1. The van der Waals surface area contributed by atoms with E-state index in [-0.39, 0.29) is 5.76 Å². The van der Waals surface area contributed by atoms with Crippen molar-refractivity contribution in [2.45, 2.75) is 6.54 Å². The Hall–Kier alpha value is -3.16. The lowest BCUT2D eigenvalue weighted by Gasteiger charge is -2.05. The highest BCUT2D eigenvalue weighted by Gasteiger charge is 2.09. The first-order valence-electron chi connectivity index (χ1n) is 6.12. The van der Waals surface area contributed by atoms with Crippen molar-refractivity contribution in [1.29, 1.82) is 0 Å². The molecule has 3 aromatic rings. The van der Waals surface area contributed by atoms with Gasteiger partial charge in [0.1, 0.15) is 5.76 Å². The topological polar surface area (TPSA) is 117 Å². The van der Waals surface area contributed by atoms with Gasteiger partial charge in [-0.05, 0) is 29.5 Å². The number of furan rings is 1. The summed E-state index contributed by atoms with van der Waals surface area (Å²) in [4.78, 5) is 10.7. The lowest BCUT2D eigenvalue weighted by atomic mass is 10.2. The van der Waals surface area contributed by atoms with Gasteiger partial charge in [0, 0.05) is 11.3 Å². The molecular weight excluding hydrogens is 274 g/mol. The number of hydrogen-bond donors (Lipinski definition) is 3. The van der Waals surface area contributed by atoms with Crippen molar-refractivity contribution in [3.05, 3.63) is 47.9 Å². The summed E-state index contributed by atoms with van der Waals surface area (Å²) in [6.45, 7) is 0.378. The van der Waals surface area contributed by atoms with Gasteiger partial charge < -0.3 is 14.8 Å². The number of carboxylic acids is 1. The van der Waals surface area contributed by atoms with Crippen molar-refractivity contribution in [3.8, 4) is 11.4 Å². The highest BCUT2D eigenvalue weighted by molar-refractivity contribution is 5.84. The summed E-state index contributed by atoms with van der Waals surface area (Å²) < 4.78 is 5.17. The molecule has 0 aliphatic carbocycles. The molecule has 0 saturated heterocycles. The Morgan fingerprint density at radius 2 is 2.24 bits per heavy atom. The number of aromatic nitrogens is 4. The third-order valence-electron chi connectivity index (χ3n) is 2.81. The van der Waals surface area contributed by atoms with Crippen LogP contribution in [0.15, 0.2) is 40.8 Å². The van der Waals surface area contributed by atoms with Gasteiger partial charge in [-0.25, -0.2) is 4.79 Å². The van der Waals surface area contributed by atoms with Gasteiger partial charge in [-0.1, -0.05) is 12.1 Å². The first kappa shape index (κ1) is 12.9. The van der Waals surface area contributed by atoms with Crippen molar-refractivity contribution in [2.75, 3.05) is 5.32 Å². The van der Waals surface area contributed by atoms with Gasteiger partial charge in [0.15, 0.2) is 0 Å². The van der Waals surface area contributed by atoms with E-state index in [1.807, 2.05) is 24.3 Å². The number of nitrogens with one attached hydrogen (secondary N) is 2. The third-order valence-corrected chi connectivity index (χ3v) is 2.81. The standard InChI is InChI=1S/C13H11N5O3/c19-13(20)11-5-4-10(21-11)7-14-9-3-1-2-8(6-9)12-15-17-18-16-12/h1-6,14H,7H2,(H,19,20)(H,15,16,17,18). The fourth-order valence-electron chi connectivity index (χ4n) is 1.83. The minimum atomic E-state index is -1.08. The largest absolute Gasteiger partial charge is 0.475 e. The van der Waals surface area contributed by atoms with Gasteiger partial charge in [0.25, 0.3) is 0 Å². The van der Waals surface area contributed by atoms with Gasteiger partial charge in [0.2, 0.25) is 11.6 Å². The van der Waals surface area contributed by atoms with Crippen LogP contribution in [0.1, 0.15) is 16.3 Å². The predicted octanol–water partition coefficient (Wildman–Crippen LogP) is 1.77. The maximum Gasteiger partial charge on any atom is 0.371 e. The maximum atomic E-state index is 10.7. The van der Waals surface area contributed by atoms with E-state index in [2.05, 4.69) is 25.9 Å². The molecule has 0 fully saturated rings. The van der Waals surface area contributed by atoms with Crippen LogP contribution in [-0.2, 0) is 6.54 Å². The number of nitrogens with zero attached hydrogens (tertiary/aromatic N) is 3. The second-order valence-corrected chi connectivity index (χ2v) is 4.24. The number of H-pyrrole nitrogens is 1. The third kappa shape index (κ3) is 2.89. The van der Waals surface area contributed by atoms with E-state index in [0.717, 1.165) is 11.3 Å². The molecule has 2 aromatic heterocycles. The normalized spacial score (nSPS) is 10.5. The zero-order valence-corrected chi connectivity index (χ0v) is 10.8. The number of anilines is 1. The van der Waals surface area contributed by atoms with E-state index in [4.69, 9.17) is 9.52 Å². The average molecular weight is 285 g/mol. The number of aromatic amines is 1. The fourth-order valence-corrected chi connectivity index (χ4v) is 1.83. The van der Waals surface area contributed by atoms with Crippen LogP contribution >= 0.6 is 0 Å². The molecule has 0 aliphatic rings. The van der Waals surface area contributed by atoms with Crippen molar-refractivity contribution in [2.24, 2.45) is 0 Å². The fraction of sp³-hybridized carbons (Fsp3) is 0.0769. The molecule has 1 aromatic carbocycles. The molecule has 21 heavy (non-hydrogen) atoms. The van der Waals surface area contributed by atoms with E-state index < -0.39 is 5.97 Å². The summed E-state index contributed by atoms with van der Waals surface area (Å²) in [6, 6.07) is 10.5. The Morgan fingerprint density at radius 3 is 2.95 bits per heavy atom. The summed E-state index contributed by atoms with van der Waals surface area (Å²) in [5, 5.41) is 25.7. The summed E-state index contributed by atoms with van der Waals surface area (Å²) in [6.07, 6.45) is 0. The maximum absolute atomic E-state index is 10.7. The Balaban J connectivity index is 1.70. The van der Waals surface area contributed by atoms with Crippen LogP contribution in [0, 0.1) is 0 Å². The first-order valence-corrected chi connectivity index (χ1v) is 6.12. The Kier molecular flexibility index (Phi) is 3.34. The predicted molar refractivity (Wildman–Crippen MR) is 72.6 cm³/mol. The minimum absolute atomic E-state index is 0.0765. The van der Waals surface area contributed by atoms with Crippen molar-refractivity contribution < 1.29 is 14.3 Å². The molecule has 0 spiro atoms. The number of hydrogen-bond acceptors (Lipinski definition) is 6. The zero-order chi connectivity index (χ0) is 14.7. The molecule has 0 amide bonds. The molecule has 0 bridgehead atoms. The number of aromatic carboxylic acids is 1. The molecule has 0 atom stereocenters. The highest BCUT2D eigenvalue weighted by atomic mass is 16.4. The smallest absolute Gasteiger partial charge is 0.371 e. The van der Waals surface area contributed by atoms with Crippen LogP contribution in [0.4, 0.5) is 5.69 Å². The molecule has 8 nitrogen and oxygen atoms in total. The van der Waals surface area contributed by atoms with Gasteiger partial charge in [-0.2, -0.15) is 5.21 Å². The summed E-state index contributed by atoms with van der Waals surface area (Å²) in [5.74, 6) is -0.116. The Morgan fingerprint density at radius 1 is 1.33 bits per heavy atom. The van der Waals surface area contributed by atoms with Crippen molar-refractivity contribution in [1.82, 2.24) is 20.6 Å². The quantitative estimate of drug-likeness (QED) is 0.654. The number of benzene rings is 1. The molecule has 8 heteroatoms. The molecule has 0 saturated carbocycles.